The summed E-state index contributed by atoms with van der Waals surface area (Å²) in [6.07, 6.45) is 0. The molecule has 2 N–H and O–H groups in total. The Kier molecular flexibility index (Phi) is 4.39. The van der Waals surface area contributed by atoms with Gasteiger partial charge in [0.1, 0.15) is 5.69 Å². The smallest absolute Gasteiger partial charge is 0.332 e. The molecule has 3 rings (SSSR count). The van der Waals surface area contributed by atoms with Gasteiger partial charge in [-0.1, -0.05) is 30.3 Å². The molecule has 0 aliphatic rings. The Morgan fingerprint density at radius 2 is 1.81 bits per heavy atom. The van der Waals surface area contributed by atoms with E-state index in [1.54, 1.807) is 30.3 Å². The van der Waals surface area contributed by atoms with Gasteiger partial charge in [0, 0.05) is 19.7 Å². The summed E-state index contributed by atoms with van der Waals surface area (Å²) in [6, 6.07) is 8.18. The lowest BCUT2D eigenvalue weighted by Gasteiger charge is -2.13. The zero-order chi connectivity index (χ0) is 19.0. The van der Waals surface area contributed by atoms with Crippen molar-refractivity contribution in [1.29, 1.82) is 0 Å². The van der Waals surface area contributed by atoms with E-state index in [4.69, 9.17) is 0 Å². The highest BCUT2D eigenvalue weighted by atomic mass is 16.3. The molecule has 9 nitrogen and oxygen atoms in total. The fourth-order valence-electron chi connectivity index (χ4n) is 2.75. The number of nitrogens with zero attached hydrogens (tertiary/aromatic N) is 3. The molecule has 0 saturated heterocycles. The van der Waals surface area contributed by atoms with Crippen molar-refractivity contribution in [2.75, 3.05) is 6.61 Å². The number of carbonyl (C=O) groups excluding carboxylic acids is 1. The molecule has 0 fully saturated rings. The summed E-state index contributed by atoms with van der Waals surface area (Å²) in [6.45, 7) is -0.645. The molecular weight excluding hydrogens is 340 g/mol. The fourth-order valence-corrected chi connectivity index (χ4v) is 2.75. The van der Waals surface area contributed by atoms with Crippen molar-refractivity contribution in [3.05, 3.63) is 72.8 Å². The molecule has 2 heterocycles. The summed E-state index contributed by atoms with van der Waals surface area (Å²) in [5.41, 5.74) is -2.24. The lowest BCUT2D eigenvalue weighted by Crippen LogP contribution is -2.39. The monoisotopic (exact) mass is 356 g/mol. The van der Waals surface area contributed by atoms with Crippen molar-refractivity contribution in [3.63, 3.8) is 0 Å². The van der Waals surface area contributed by atoms with Gasteiger partial charge in [0.2, 0.25) is 0 Å². The standard InChI is InChI=1S/C17H16N4O5/c1-20-14-12(16(25)21(2)17(20)26)19-15(24)11(18-14)10(8-22)13(23)9-6-4-3-5-7-9/h3-7,10,22H,8H2,1-2H3,(H,19,24). The molecule has 0 radical (unpaired) electrons. The Morgan fingerprint density at radius 3 is 2.42 bits per heavy atom. The largest absolute Gasteiger partial charge is 0.395 e. The van der Waals surface area contributed by atoms with Crippen molar-refractivity contribution in [2.45, 2.75) is 5.92 Å². The van der Waals surface area contributed by atoms with Crippen LogP contribution >= 0.6 is 0 Å². The lowest BCUT2D eigenvalue weighted by molar-refractivity contribution is 0.0919. The van der Waals surface area contributed by atoms with Crippen LogP contribution in [-0.2, 0) is 14.1 Å². The quantitative estimate of drug-likeness (QED) is 0.594. The van der Waals surface area contributed by atoms with Crippen LogP contribution in [0.1, 0.15) is 22.0 Å². The highest BCUT2D eigenvalue weighted by Gasteiger charge is 2.27. The van der Waals surface area contributed by atoms with Gasteiger partial charge in [-0.2, -0.15) is 0 Å². The molecule has 0 saturated carbocycles. The van der Waals surface area contributed by atoms with Gasteiger partial charge in [0.15, 0.2) is 16.9 Å². The highest BCUT2D eigenvalue weighted by molar-refractivity contribution is 6.00. The first-order chi connectivity index (χ1) is 12.4. The van der Waals surface area contributed by atoms with Gasteiger partial charge in [-0.25, -0.2) is 9.78 Å². The molecule has 0 aliphatic carbocycles. The molecule has 0 amide bonds. The van der Waals surface area contributed by atoms with E-state index in [1.165, 1.54) is 14.1 Å². The number of aromatic nitrogens is 4. The van der Waals surface area contributed by atoms with E-state index in [0.29, 0.717) is 5.56 Å². The molecule has 2 aromatic heterocycles. The van der Waals surface area contributed by atoms with E-state index < -0.39 is 35.1 Å². The number of carbonyl (C=O) groups is 1. The number of Topliss-reactive ketones (excluding diaryl/α,β-unsaturated/α-hetero) is 1. The Bertz CT molecular complexity index is 1170. The minimum atomic E-state index is -1.22. The number of benzene rings is 1. The van der Waals surface area contributed by atoms with Crippen LogP contribution in [0, 0.1) is 0 Å². The van der Waals surface area contributed by atoms with Crippen molar-refractivity contribution in [1.82, 2.24) is 19.1 Å². The Hall–Kier alpha value is -3.33. The maximum absolute atomic E-state index is 12.7. The van der Waals surface area contributed by atoms with Crippen LogP contribution in [-0.4, -0.2) is 36.6 Å². The third-order valence-corrected chi connectivity index (χ3v) is 4.22. The van der Waals surface area contributed by atoms with Crippen LogP contribution in [0.2, 0.25) is 0 Å². The molecule has 0 aliphatic heterocycles. The second-order valence-corrected chi connectivity index (χ2v) is 5.82. The first-order valence-electron chi connectivity index (χ1n) is 7.77. The highest BCUT2D eigenvalue weighted by Crippen LogP contribution is 2.17. The van der Waals surface area contributed by atoms with Crippen LogP contribution in [0.4, 0.5) is 0 Å². The Morgan fingerprint density at radius 1 is 1.15 bits per heavy atom. The van der Waals surface area contributed by atoms with Crippen LogP contribution < -0.4 is 16.8 Å². The second kappa shape index (κ2) is 6.52. The van der Waals surface area contributed by atoms with Gasteiger partial charge < -0.3 is 10.1 Å². The maximum Gasteiger partial charge on any atom is 0.332 e. The molecular formula is C17H16N4O5. The summed E-state index contributed by atoms with van der Waals surface area (Å²) < 4.78 is 1.94. The summed E-state index contributed by atoms with van der Waals surface area (Å²) in [7, 11) is 2.68. The summed E-state index contributed by atoms with van der Waals surface area (Å²) in [5, 5.41) is 9.68. The number of aliphatic hydroxyl groups is 1. The molecule has 0 spiro atoms. The summed E-state index contributed by atoms with van der Waals surface area (Å²) in [4.78, 5) is 55.8. The second-order valence-electron chi connectivity index (χ2n) is 5.82. The number of hydrogen-bond acceptors (Lipinski definition) is 6. The van der Waals surface area contributed by atoms with Gasteiger partial charge in [0.05, 0.1) is 12.5 Å². The predicted molar refractivity (Wildman–Crippen MR) is 93.4 cm³/mol. The molecule has 0 bridgehead atoms. The number of nitrogens with one attached hydrogen (secondary N) is 1. The van der Waals surface area contributed by atoms with Crippen molar-refractivity contribution >= 4 is 16.9 Å². The van der Waals surface area contributed by atoms with E-state index in [0.717, 1.165) is 9.13 Å². The van der Waals surface area contributed by atoms with E-state index in [2.05, 4.69) is 9.97 Å². The molecule has 1 unspecified atom stereocenters. The number of aryl methyl sites for hydroxylation is 1. The van der Waals surface area contributed by atoms with E-state index in [9.17, 15) is 24.3 Å². The Labute approximate surface area is 146 Å². The number of H-pyrrole nitrogens is 1. The van der Waals surface area contributed by atoms with Crippen LogP contribution in [0.25, 0.3) is 11.2 Å². The number of fused-ring (bicyclic) bond motifs is 1. The zero-order valence-corrected chi connectivity index (χ0v) is 14.1. The first kappa shape index (κ1) is 17.5. The van der Waals surface area contributed by atoms with Gasteiger partial charge in [-0.3, -0.25) is 23.5 Å². The zero-order valence-electron chi connectivity index (χ0n) is 14.1. The Balaban J connectivity index is 2.26. The van der Waals surface area contributed by atoms with Crippen LogP contribution in [0.15, 0.2) is 44.7 Å². The van der Waals surface area contributed by atoms with Gasteiger partial charge in [-0.05, 0) is 0 Å². The van der Waals surface area contributed by atoms with Crippen LogP contribution in [0.5, 0.6) is 0 Å². The number of aliphatic hydroxyl groups excluding tert-OH is 1. The number of hydrogen-bond donors (Lipinski definition) is 2. The molecule has 9 heteroatoms. The summed E-state index contributed by atoms with van der Waals surface area (Å²) in [5.74, 6) is -1.70. The van der Waals surface area contributed by atoms with Crippen molar-refractivity contribution in [2.24, 2.45) is 14.1 Å². The number of aromatic amines is 1. The molecule has 1 atom stereocenters. The minimum Gasteiger partial charge on any atom is -0.395 e. The van der Waals surface area contributed by atoms with E-state index >= 15 is 0 Å². The van der Waals surface area contributed by atoms with E-state index in [1.807, 2.05) is 0 Å². The predicted octanol–water partition coefficient (Wildman–Crippen LogP) is -0.721. The fraction of sp³-hybridized carbons (Fsp3) is 0.235. The van der Waals surface area contributed by atoms with Crippen molar-refractivity contribution < 1.29 is 9.90 Å². The van der Waals surface area contributed by atoms with Crippen LogP contribution in [0.3, 0.4) is 0 Å². The molecule has 134 valence electrons. The molecule has 3 aromatic rings. The van der Waals surface area contributed by atoms with E-state index in [-0.39, 0.29) is 16.9 Å². The molecule has 26 heavy (non-hydrogen) atoms. The van der Waals surface area contributed by atoms with Gasteiger partial charge >= 0.3 is 5.69 Å². The normalized spacial score (nSPS) is 12.3. The minimum absolute atomic E-state index is 0.0630. The molecule has 1 aromatic carbocycles. The topological polar surface area (TPSA) is 127 Å². The third-order valence-electron chi connectivity index (χ3n) is 4.22. The number of ketones is 1. The van der Waals surface area contributed by atoms with Gasteiger partial charge in [-0.15, -0.1) is 0 Å². The first-order valence-corrected chi connectivity index (χ1v) is 7.77. The lowest BCUT2D eigenvalue weighted by atomic mass is 9.95. The van der Waals surface area contributed by atoms with Gasteiger partial charge in [0.25, 0.3) is 11.1 Å². The summed E-state index contributed by atoms with van der Waals surface area (Å²) >= 11 is 0. The number of rotatable bonds is 4. The van der Waals surface area contributed by atoms with Crippen molar-refractivity contribution in [3.8, 4) is 0 Å². The SMILES string of the molecule is Cn1c(=O)c2[nH]c(=O)c(C(CO)C(=O)c3ccccc3)nc2n(C)c1=O. The third kappa shape index (κ3) is 2.68. The average molecular weight is 356 g/mol. The maximum atomic E-state index is 12.7. The average Bonchev–Trinajstić information content (AvgIpc) is 2.66.